The van der Waals surface area contributed by atoms with Crippen LogP contribution in [0.25, 0.3) is 0 Å². The average Bonchev–Trinajstić information content (AvgIpc) is 2.47. The molecule has 2 amide bonds. The van der Waals surface area contributed by atoms with Crippen LogP contribution in [-0.2, 0) is 23.9 Å². The molecule has 0 saturated carbocycles. The van der Waals surface area contributed by atoms with Gasteiger partial charge in [-0.1, -0.05) is 20.8 Å². The molecular formula is C15H24N2O8. The molecule has 10 nitrogen and oxygen atoms in total. The van der Waals surface area contributed by atoms with Crippen molar-refractivity contribution in [3.8, 4) is 0 Å². The van der Waals surface area contributed by atoms with Gasteiger partial charge < -0.3 is 25.6 Å². The van der Waals surface area contributed by atoms with Crippen molar-refractivity contribution in [1.82, 2.24) is 10.6 Å². The lowest BCUT2D eigenvalue weighted by Gasteiger charge is -2.21. The maximum atomic E-state index is 11.9. The molecule has 0 bridgehead atoms. The minimum Gasteiger partial charge on any atom is -0.481 e. The van der Waals surface area contributed by atoms with Crippen LogP contribution in [0.3, 0.4) is 0 Å². The van der Waals surface area contributed by atoms with E-state index < -0.39 is 35.7 Å². The lowest BCUT2D eigenvalue weighted by Crippen LogP contribution is -2.50. The number of amides is 2. The summed E-state index contributed by atoms with van der Waals surface area (Å²) in [6.45, 7) is 5.16. The number of carbonyl (C=O) groups is 5. The first-order valence-corrected chi connectivity index (χ1v) is 7.61. The molecule has 0 spiro atoms. The second-order valence-corrected chi connectivity index (χ2v) is 6.37. The third-order valence-corrected chi connectivity index (χ3v) is 3.23. The van der Waals surface area contributed by atoms with Crippen LogP contribution in [0, 0.1) is 5.41 Å². The molecule has 0 aromatic rings. The Morgan fingerprint density at radius 2 is 1.64 bits per heavy atom. The van der Waals surface area contributed by atoms with E-state index in [1.54, 1.807) is 20.8 Å². The highest BCUT2D eigenvalue weighted by molar-refractivity contribution is 5.86. The molecule has 0 fully saturated rings. The summed E-state index contributed by atoms with van der Waals surface area (Å²) >= 11 is 0. The number of carbonyl (C=O) groups excluding carboxylic acids is 3. The maximum absolute atomic E-state index is 11.9. The topological polar surface area (TPSA) is 159 Å². The highest BCUT2D eigenvalue weighted by Crippen LogP contribution is 2.18. The van der Waals surface area contributed by atoms with Gasteiger partial charge in [0.1, 0.15) is 11.8 Å². The Hall–Kier alpha value is -2.65. The summed E-state index contributed by atoms with van der Waals surface area (Å²) in [5.74, 6) is -2.62. The molecule has 0 aliphatic rings. The minimum absolute atomic E-state index is 0.0337. The van der Waals surface area contributed by atoms with Gasteiger partial charge in [0.2, 0.25) is 0 Å². The number of hydrogen-bond acceptors (Lipinski definition) is 6. The SMILES string of the molecule is CC(C)(C)C(=O)CC[C@H](NC(=O)N[C@@H](CCC(=O)O)OC=O)C(=O)O. The van der Waals surface area contributed by atoms with E-state index in [0.717, 1.165) is 0 Å². The number of Topliss-reactive ketones (excluding diaryl/α,β-unsaturated/α-hetero) is 1. The Morgan fingerprint density at radius 3 is 2.08 bits per heavy atom. The molecule has 0 unspecified atom stereocenters. The highest BCUT2D eigenvalue weighted by atomic mass is 16.5. The summed E-state index contributed by atoms with van der Waals surface area (Å²) in [4.78, 5) is 55.8. The summed E-state index contributed by atoms with van der Waals surface area (Å²) in [6.07, 6.45) is -1.89. The number of aliphatic carboxylic acids is 2. The summed E-state index contributed by atoms with van der Waals surface area (Å²) in [7, 11) is 0. The molecule has 4 N–H and O–H groups in total. The number of carboxylic acids is 2. The summed E-state index contributed by atoms with van der Waals surface area (Å²) in [5, 5.41) is 22.0. The third kappa shape index (κ3) is 9.95. The lowest BCUT2D eigenvalue weighted by molar-refractivity contribution is -0.141. The van der Waals surface area contributed by atoms with E-state index in [4.69, 9.17) is 10.2 Å². The van der Waals surface area contributed by atoms with Crippen LogP contribution in [0.2, 0.25) is 0 Å². The van der Waals surface area contributed by atoms with Crippen LogP contribution in [0.15, 0.2) is 0 Å². The monoisotopic (exact) mass is 360 g/mol. The van der Waals surface area contributed by atoms with Gasteiger partial charge >= 0.3 is 18.0 Å². The van der Waals surface area contributed by atoms with Crippen molar-refractivity contribution in [2.24, 2.45) is 5.41 Å². The number of ketones is 1. The first kappa shape index (κ1) is 22.4. The number of nitrogens with one attached hydrogen (secondary N) is 2. The molecule has 0 heterocycles. The van der Waals surface area contributed by atoms with Gasteiger partial charge in [0, 0.05) is 18.3 Å². The number of hydrogen-bond donors (Lipinski definition) is 4. The van der Waals surface area contributed by atoms with Gasteiger partial charge in [-0.05, 0) is 6.42 Å². The quantitative estimate of drug-likeness (QED) is 0.306. The predicted octanol–water partition coefficient (Wildman–Crippen LogP) is 0.498. The Balaban J connectivity index is 4.65. The molecule has 0 rings (SSSR count). The lowest BCUT2D eigenvalue weighted by atomic mass is 9.87. The van der Waals surface area contributed by atoms with E-state index in [1.807, 2.05) is 0 Å². The molecule has 2 atom stereocenters. The zero-order valence-corrected chi connectivity index (χ0v) is 14.4. The molecule has 10 heteroatoms. The van der Waals surface area contributed by atoms with Gasteiger partial charge in [-0.2, -0.15) is 0 Å². The standard InChI is InChI=1S/C15H24N2O8/c1-15(2,3)10(19)5-4-9(13(22)23)16-14(24)17-11(25-8-18)6-7-12(20)21/h8-9,11H,4-7H2,1-3H3,(H,20,21)(H,22,23)(H2,16,17,24)/t9-,11+/m0/s1. The van der Waals surface area contributed by atoms with Crippen LogP contribution >= 0.6 is 0 Å². The Morgan fingerprint density at radius 1 is 1.04 bits per heavy atom. The van der Waals surface area contributed by atoms with Gasteiger partial charge in [-0.25, -0.2) is 9.59 Å². The smallest absolute Gasteiger partial charge is 0.326 e. The Labute approximate surface area is 144 Å². The summed E-state index contributed by atoms with van der Waals surface area (Å²) < 4.78 is 4.53. The number of urea groups is 1. The second-order valence-electron chi connectivity index (χ2n) is 6.37. The van der Waals surface area contributed by atoms with Gasteiger partial charge in [0.15, 0.2) is 6.23 Å². The average molecular weight is 360 g/mol. The van der Waals surface area contributed by atoms with Gasteiger partial charge in [0.05, 0.1) is 6.42 Å². The van der Waals surface area contributed by atoms with Gasteiger partial charge in [0.25, 0.3) is 6.47 Å². The highest BCUT2D eigenvalue weighted by Gasteiger charge is 2.26. The normalized spacial score (nSPS) is 13.2. The molecule has 142 valence electrons. The van der Waals surface area contributed by atoms with E-state index >= 15 is 0 Å². The predicted molar refractivity (Wildman–Crippen MR) is 84.6 cm³/mol. The molecule has 0 radical (unpaired) electrons. The summed E-state index contributed by atoms with van der Waals surface area (Å²) in [5.41, 5.74) is -0.620. The third-order valence-electron chi connectivity index (χ3n) is 3.23. The second kappa shape index (κ2) is 10.3. The van der Waals surface area contributed by atoms with E-state index in [0.29, 0.717) is 0 Å². The molecular weight excluding hydrogens is 336 g/mol. The fourth-order valence-electron chi connectivity index (χ4n) is 1.75. The largest absolute Gasteiger partial charge is 0.481 e. The molecule has 0 saturated heterocycles. The van der Waals surface area contributed by atoms with Crippen molar-refractivity contribution in [3.63, 3.8) is 0 Å². The van der Waals surface area contributed by atoms with Crippen molar-refractivity contribution in [3.05, 3.63) is 0 Å². The van der Waals surface area contributed by atoms with Crippen molar-refractivity contribution in [2.75, 3.05) is 0 Å². The minimum atomic E-state index is -1.32. The van der Waals surface area contributed by atoms with Gasteiger partial charge in [-0.15, -0.1) is 0 Å². The van der Waals surface area contributed by atoms with Crippen molar-refractivity contribution in [1.29, 1.82) is 0 Å². The first-order valence-electron chi connectivity index (χ1n) is 7.61. The maximum Gasteiger partial charge on any atom is 0.326 e. The Kier molecular flexibility index (Phi) is 9.18. The fraction of sp³-hybridized carbons (Fsp3) is 0.667. The number of ether oxygens (including phenoxy) is 1. The van der Waals surface area contributed by atoms with Crippen LogP contribution < -0.4 is 10.6 Å². The van der Waals surface area contributed by atoms with Crippen molar-refractivity contribution < 1.29 is 38.9 Å². The zero-order valence-electron chi connectivity index (χ0n) is 14.4. The van der Waals surface area contributed by atoms with E-state index in [1.165, 1.54) is 0 Å². The number of rotatable bonds is 11. The van der Waals surface area contributed by atoms with Crippen molar-refractivity contribution >= 4 is 30.2 Å². The Bertz CT molecular complexity index is 512. The van der Waals surface area contributed by atoms with Crippen molar-refractivity contribution in [2.45, 2.75) is 58.7 Å². The molecule has 25 heavy (non-hydrogen) atoms. The molecule has 0 aromatic heterocycles. The molecule has 0 aliphatic heterocycles. The van der Waals surface area contributed by atoms with Crippen LogP contribution in [0.5, 0.6) is 0 Å². The summed E-state index contributed by atoms with van der Waals surface area (Å²) in [6, 6.07) is -2.27. The van der Waals surface area contributed by atoms with E-state index in [-0.39, 0.29) is 37.9 Å². The van der Waals surface area contributed by atoms with E-state index in [9.17, 15) is 24.0 Å². The van der Waals surface area contributed by atoms with Crippen LogP contribution in [0.4, 0.5) is 4.79 Å². The fourth-order valence-corrected chi connectivity index (χ4v) is 1.75. The first-order chi connectivity index (χ1) is 11.5. The van der Waals surface area contributed by atoms with Gasteiger partial charge in [-0.3, -0.25) is 14.4 Å². The van der Waals surface area contributed by atoms with Crippen LogP contribution in [-0.4, -0.2) is 52.7 Å². The zero-order chi connectivity index (χ0) is 19.6. The number of carboxylic acid groups (broad SMARTS) is 2. The van der Waals surface area contributed by atoms with E-state index in [2.05, 4.69) is 15.4 Å². The molecule has 0 aromatic carbocycles. The van der Waals surface area contributed by atoms with Crippen LogP contribution in [0.1, 0.15) is 46.5 Å². The molecule has 0 aliphatic carbocycles.